The molecular formula is C13H18N2O2. The average molecular weight is 234 g/mol. The molecule has 92 valence electrons. The number of phenols is 1. The molecule has 0 spiro atoms. The maximum atomic E-state index is 11.6. The van der Waals surface area contributed by atoms with Crippen LogP contribution in [0.3, 0.4) is 0 Å². The van der Waals surface area contributed by atoms with Crippen LogP contribution >= 0.6 is 0 Å². The van der Waals surface area contributed by atoms with E-state index in [1.165, 1.54) is 12.8 Å². The van der Waals surface area contributed by atoms with E-state index < -0.39 is 0 Å². The molecule has 0 unspecified atom stereocenters. The number of amides is 1. The van der Waals surface area contributed by atoms with E-state index in [9.17, 15) is 9.90 Å². The smallest absolute Gasteiger partial charge is 0.224 e. The van der Waals surface area contributed by atoms with Gasteiger partial charge in [0.15, 0.2) is 0 Å². The molecular weight excluding hydrogens is 216 g/mol. The second-order valence-electron chi connectivity index (χ2n) is 4.43. The van der Waals surface area contributed by atoms with Crippen molar-refractivity contribution >= 4 is 5.91 Å². The SMILES string of the molecule is O=C(Cc1cccc(O)c1)NCCNC1CC1. The van der Waals surface area contributed by atoms with Crippen LogP contribution in [-0.4, -0.2) is 30.1 Å². The van der Waals surface area contributed by atoms with Crippen LogP contribution in [0.15, 0.2) is 24.3 Å². The lowest BCUT2D eigenvalue weighted by atomic mass is 10.1. The highest BCUT2D eigenvalue weighted by atomic mass is 16.3. The number of hydrogen-bond acceptors (Lipinski definition) is 3. The minimum Gasteiger partial charge on any atom is -0.508 e. The molecule has 0 aromatic heterocycles. The number of aromatic hydroxyl groups is 1. The van der Waals surface area contributed by atoms with E-state index in [-0.39, 0.29) is 11.7 Å². The third-order valence-electron chi connectivity index (χ3n) is 2.73. The van der Waals surface area contributed by atoms with Gasteiger partial charge >= 0.3 is 0 Å². The van der Waals surface area contributed by atoms with Crippen LogP contribution in [0.2, 0.25) is 0 Å². The first kappa shape index (κ1) is 11.9. The van der Waals surface area contributed by atoms with Crippen molar-refractivity contribution in [1.29, 1.82) is 0 Å². The van der Waals surface area contributed by atoms with E-state index in [2.05, 4.69) is 10.6 Å². The predicted octanol–water partition coefficient (Wildman–Crippen LogP) is 0.803. The Kier molecular flexibility index (Phi) is 3.98. The van der Waals surface area contributed by atoms with Crippen LogP contribution < -0.4 is 10.6 Å². The molecule has 17 heavy (non-hydrogen) atoms. The monoisotopic (exact) mass is 234 g/mol. The van der Waals surface area contributed by atoms with E-state index in [1.807, 2.05) is 6.07 Å². The first-order valence-corrected chi connectivity index (χ1v) is 6.02. The normalized spacial score (nSPS) is 14.6. The highest BCUT2D eigenvalue weighted by Gasteiger charge is 2.19. The molecule has 2 rings (SSSR count). The van der Waals surface area contributed by atoms with Gasteiger partial charge in [0, 0.05) is 19.1 Å². The van der Waals surface area contributed by atoms with E-state index in [0.717, 1.165) is 12.1 Å². The van der Waals surface area contributed by atoms with Crippen LogP contribution in [0.25, 0.3) is 0 Å². The number of phenolic OH excluding ortho intramolecular Hbond substituents is 1. The molecule has 1 saturated carbocycles. The molecule has 0 heterocycles. The molecule has 0 saturated heterocycles. The van der Waals surface area contributed by atoms with Gasteiger partial charge in [0.25, 0.3) is 0 Å². The second-order valence-corrected chi connectivity index (χ2v) is 4.43. The summed E-state index contributed by atoms with van der Waals surface area (Å²) in [6.45, 7) is 1.49. The quantitative estimate of drug-likeness (QED) is 0.638. The Bertz CT molecular complexity index is 389. The van der Waals surface area contributed by atoms with E-state index in [0.29, 0.717) is 19.0 Å². The number of carbonyl (C=O) groups excluding carboxylic acids is 1. The molecule has 4 heteroatoms. The lowest BCUT2D eigenvalue weighted by Crippen LogP contribution is -2.33. The van der Waals surface area contributed by atoms with E-state index in [1.54, 1.807) is 18.2 Å². The molecule has 1 aromatic carbocycles. The fraction of sp³-hybridized carbons (Fsp3) is 0.462. The lowest BCUT2D eigenvalue weighted by Gasteiger charge is -2.06. The van der Waals surface area contributed by atoms with Gasteiger partial charge in [0.1, 0.15) is 5.75 Å². The summed E-state index contributed by atoms with van der Waals surface area (Å²) in [5.41, 5.74) is 0.831. The predicted molar refractivity (Wildman–Crippen MR) is 65.8 cm³/mol. The van der Waals surface area contributed by atoms with Crippen molar-refractivity contribution in [1.82, 2.24) is 10.6 Å². The fourth-order valence-electron chi connectivity index (χ4n) is 1.68. The number of nitrogens with one attached hydrogen (secondary N) is 2. The summed E-state index contributed by atoms with van der Waals surface area (Å²) < 4.78 is 0. The van der Waals surface area contributed by atoms with Gasteiger partial charge in [0.2, 0.25) is 5.91 Å². The molecule has 1 aliphatic carbocycles. The van der Waals surface area contributed by atoms with Crippen molar-refractivity contribution in [3.05, 3.63) is 29.8 Å². The minimum atomic E-state index is -0.00630. The first-order valence-electron chi connectivity index (χ1n) is 6.02. The van der Waals surface area contributed by atoms with E-state index in [4.69, 9.17) is 0 Å². The number of benzene rings is 1. The largest absolute Gasteiger partial charge is 0.508 e. The standard InChI is InChI=1S/C13H18N2O2/c16-12-3-1-2-10(8-12)9-13(17)15-7-6-14-11-4-5-11/h1-3,8,11,14,16H,4-7,9H2,(H,15,17). The number of hydrogen-bond donors (Lipinski definition) is 3. The van der Waals surface area contributed by atoms with Crippen LogP contribution in [0.1, 0.15) is 18.4 Å². The molecule has 4 nitrogen and oxygen atoms in total. The van der Waals surface area contributed by atoms with Crippen molar-refractivity contribution in [3.8, 4) is 5.75 Å². The Morgan fingerprint density at radius 3 is 2.88 bits per heavy atom. The first-order chi connectivity index (χ1) is 8.24. The van der Waals surface area contributed by atoms with Gasteiger partial charge in [-0.2, -0.15) is 0 Å². The minimum absolute atomic E-state index is 0.00630. The van der Waals surface area contributed by atoms with Crippen molar-refractivity contribution < 1.29 is 9.90 Å². The highest BCUT2D eigenvalue weighted by Crippen LogP contribution is 2.17. The molecule has 0 radical (unpaired) electrons. The Labute approximate surface area is 101 Å². The van der Waals surface area contributed by atoms with Crippen LogP contribution in [0, 0.1) is 0 Å². The summed E-state index contributed by atoms with van der Waals surface area (Å²) in [6.07, 6.45) is 2.84. The molecule has 1 aliphatic rings. The summed E-state index contributed by atoms with van der Waals surface area (Å²) in [6, 6.07) is 7.47. The van der Waals surface area contributed by atoms with Crippen molar-refractivity contribution in [3.63, 3.8) is 0 Å². The summed E-state index contributed by atoms with van der Waals surface area (Å²) in [5, 5.41) is 15.4. The van der Waals surface area contributed by atoms with Gasteiger partial charge in [-0.25, -0.2) is 0 Å². The third kappa shape index (κ3) is 4.44. The molecule has 1 fully saturated rings. The zero-order valence-corrected chi connectivity index (χ0v) is 9.78. The van der Waals surface area contributed by atoms with Gasteiger partial charge < -0.3 is 15.7 Å². The Morgan fingerprint density at radius 1 is 1.35 bits per heavy atom. The molecule has 1 aromatic rings. The molecule has 0 atom stereocenters. The van der Waals surface area contributed by atoms with Gasteiger partial charge in [-0.3, -0.25) is 4.79 Å². The third-order valence-corrected chi connectivity index (χ3v) is 2.73. The maximum absolute atomic E-state index is 11.6. The summed E-state index contributed by atoms with van der Waals surface area (Å²) in [4.78, 5) is 11.6. The van der Waals surface area contributed by atoms with Gasteiger partial charge in [-0.15, -0.1) is 0 Å². The van der Waals surface area contributed by atoms with Gasteiger partial charge in [-0.1, -0.05) is 12.1 Å². The Hall–Kier alpha value is -1.55. The molecule has 0 aliphatic heterocycles. The summed E-state index contributed by atoms with van der Waals surface area (Å²) in [7, 11) is 0. The van der Waals surface area contributed by atoms with Crippen molar-refractivity contribution in [2.24, 2.45) is 0 Å². The summed E-state index contributed by atoms with van der Waals surface area (Å²) in [5.74, 6) is 0.193. The van der Waals surface area contributed by atoms with Gasteiger partial charge in [0.05, 0.1) is 6.42 Å². The lowest BCUT2D eigenvalue weighted by molar-refractivity contribution is -0.120. The average Bonchev–Trinajstić information content (AvgIpc) is 3.08. The Morgan fingerprint density at radius 2 is 2.18 bits per heavy atom. The van der Waals surface area contributed by atoms with Gasteiger partial charge in [-0.05, 0) is 30.5 Å². The van der Waals surface area contributed by atoms with Crippen molar-refractivity contribution in [2.75, 3.05) is 13.1 Å². The molecule has 0 bridgehead atoms. The fourth-order valence-corrected chi connectivity index (χ4v) is 1.68. The molecule has 1 amide bonds. The topological polar surface area (TPSA) is 61.4 Å². The number of carbonyl (C=O) groups is 1. The second kappa shape index (κ2) is 5.68. The summed E-state index contributed by atoms with van der Waals surface area (Å²) >= 11 is 0. The van der Waals surface area contributed by atoms with Crippen LogP contribution in [-0.2, 0) is 11.2 Å². The van der Waals surface area contributed by atoms with E-state index >= 15 is 0 Å². The maximum Gasteiger partial charge on any atom is 0.224 e. The Balaban J connectivity index is 1.65. The highest BCUT2D eigenvalue weighted by molar-refractivity contribution is 5.78. The zero-order chi connectivity index (χ0) is 12.1. The molecule has 3 N–H and O–H groups in total. The van der Waals surface area contributed by atoms with Crippen LogP contribution in [0.5, 0.6) is 5.75 Å². The van der Waals surface area contributed by atoms with Crippen molar-refractivity contribution in [2.45, 2.75) is 25.3 Å². The van der Waals surface area contributed by atoms with Crippen LogP contribution in [0.4, 0.5) is 0 Å². The number of rotatable bonds is 6. The zero-order valence-electron chi connectivity index (χ0n) is 9.78.